The second-order valence-corrected chi connectivity index (χ2v) is 11.3. The van der Waals surface area contributed by atoms with Crippen molar-refractivity contribution in [2.24, 2.45) is 22.6 Å². The van der Waals surface area contributed by atoms with Crippen LogP contribution in [0, 0.1) is 17.8 Å². The number of fused-ring (bicyclic) bond motifs is 4. The molecular weight excluding hydrogens is 447 g/mol. The smallest absolute Gasteiger partial charge is 0.283 e. The number of sulfonamides is 1. The van der Waals surface area contributed by atoms with Crippen molar-refractivity contribution in [1.82, 2.24) is 9.29 Å². The minimum absolute atomic E-state index is 0.0189. The van der Waals surface area contributed by atoms with Gasteiger partial charge in [0.05, 0.1) is 5.75 Å². The van der Waals surface area contributed by atoms with E-state index >= 15 is 0 Å². The fourth-order valence-electron chi connectivity index (χ4n) is 5.16. The lowest BCUT2D eigenvalue weighted by molar-refractivity contribution is -0.00350. The molecule has 0 radical (unpaired) electrons. The highest BCUT2D eigenvalue weighted by Gasteiger charge is 2.56. The van der Waals surface area contributed by atoms with E-state index in [1.54, 1.807) is 28.6 Å². The summed E-state index contributed by atoms with van der Waals surface area (Å²) in [5.74, 6) is -0.136. The number of nitrogens with two attached hydrogens (primary N) is 1. The molecule has 2 N–H and O–H groups in total. The van der Waals surface area contributed by atoms with Crippen LogP contribution in [0.25, 0.3) is 11.1 Å². The highest BCUT2D eigenvalue weighted by Crippen LogP contribution is 2.51. The molecule has 5 rings (SSSR count). The molecular formula is C23H27FN4O4S. The molecule has 1 saturated heterocycles. The molecule has 2 aromatic rings. The number of aliphatic imine (C=N–C) groups is 1. The molecule has 0 saturated carbocycles. The van der Waals surface area contributed by atoms with Crippen LogP contribution in [0.5, 0.6) is 5.75 Å². The molecule has 3 unspecified atom stereocenters. The highest BCUT2D eigenvalue weighted by atomic mass is 32.2. The van der Waals surface area contributed by atoms with Gasteiger partial charge >= 0.3 is 0 Å². The Hall–Kier alpha value is -2.72. The summed E-state index contributed by atoms with van der Waals surface area (Å²) in [5, 5.41) is 0. The summed E-state index contributed by atoms with van der Waals surface area (Å²) in [6.45, 7) is 4.60. The third kappa shape index (κ3) is 3.74. The van der Waals surface area contributed by atoms with Gasteiger partial charge in [-0.2, -0.15) is 4.39 Å². The second kappa shape index (κ2) is 7.95. The van der Waals surface area contributed by atoms with E-state index in [-0.39, 0.29) is 42.9 Å². The van der Waals surface area contributed by atoms with E-state index in [9.17, 15) is 12.8 Å². The van der Waals surface area contributed by atoms with Crippen molar-refractivity contribution in [3.8, 4) is 16.9 Å². The Bertz CT molecular complexity index is 1220. The number of hydrogen-bond acceptors (Lipinski definition) is 7. The zero-order chi connectivity index (χ0) is 23.4. The summed E-state index contributed by atoms with van der Waals surface area (Å²) in [5.41, 5.74) is 6.75. The fourth-order valence-corrected chi connectivity index (χ4v) is 6.98. The average Bonchev–Trinajstić information content (AvgIpc) is 3.15. The van der Waals surface area contributed by atoms with Gasteiger partial charge in [0.15, 0.2) is 0 Å². The minimum atomic E-state index is -3.43. The van der Waals surface area contributed by atoms with Crippen molar-refractivity contribution in [1.29, 1.82) is 0 Å². The van der Waals surface area contributed by atoms with Crippen LogP contribution in [0.2, 0.25) is 0 Å². The van der Waals surface area contributed by atoms with Gasteiger partial charge in [0, 0.05) is 36.3 Å². The number of halogens is 1. The van der Waals surface area contributed by atoms with Crippen LogP contribution in [0.1, 0.15) is 25.8 Å². The van der Waals surface area contributed by atoms with Gasteiger partial charge in [0.25, 0.3) is 6.02 Å². The number of pyridine rings is 1. The summed E-state index contributed by atoms with van der Waals surface area (Å²) in [6.07, 6.45) is 1.70. The molecule has 176 valence electrons. The van der Waals surface area contributed by atoms with Crippen LogP contribution in [-0.4, -0.2) is 55.3 Å². The van der Waals surface area contributed by atoms with E-state index in [4.69, 9.17) is 20.2 Å². The molecule has 8 nitrogen and oxygen atoms in total. The first-order valence-electron chi connectivity index (χ1n) is 11.1. The van der Waals surface area contributed by atoms with Crippen molar-refractivity contribution >= 4 is 16.0 Å². The predicted molar refractivity (Wildman–Crippen MR) is 122 cm³/mol. The van der Waals surface area contributed by atoms with Crippen LogP contribution < -0.4 is 10.5 Å². The summed E-state index contributed by atoms with van der Waals surface area (Å²) in [6, 6.07) is 8.82. The third-order valence-corrected chi connectivity index (χ3v) is 8.81. The number of hydrogen-bond donors (Lipinski definition) is 1. The maximum Gasteiger partial charge on any atom is 0.283 e. The first-order valence-corrected chi connectivity index (χ1v) is 12.7. The Morgan fingerprint density at radius 1 is 1.33 bits per heavy atom. The summed E-state index contributed by atoms with van der Waals surface area (Å²) >= 11 is 0. The van der Waals surface area contributed by atoms with Gasteiger partial charge in [-0.15, -0.1) is 0 Å². The van der Waals surface area contributed by atoms with Gasteiger partial charge in [0.1, 0.15) is 24.0 Å². The Kier molecular flexibility index (Phi) is 5.32. The molecule has 33 heavy (non-hydrogen) atoms. The molecule has 1 fully saturated rings. The summed E-state index contributed by atoms with van der Waals surface area (Å²) < 4.78 is 53.9. The third-order valence-electron chi connectivity index (χ3n) is 6.61. The Labute approximate surface area is 192 Å². The van der Waals surface area contributed by atoms with Gasteiger partial charge in [0.2, 0.25) is 16.0 Å². The maximum absolute atomic E-state index is 14.4. The lowest BCUT2D eigenvalue weighted by Gasteiger charge is -2.48. The van der Waals surface area contributed by atoms with Crippen LogP contribution >= 0.6 is 0 Å². The average molecular weight is 475 g/mol. The van der Waals surface area contributed by atoms with E-state index < -0.39 is 21.5 Å². The van der Waals surface area contributed by atoms with Gasteiger partial charge in [-0.25, -0.2) is 22.7 Å². The first kappa shape index (κ1) is 22.1. The molecule has 1 spiro atoms. The lowest BCUT2D eigenvalue weighted by Crippen LogP contribution is -2.58. The number of aromatic nitrogens is 1. The molecule has 3 aliphatic heterocycles. The molecule has 0 amide bonds. The quantitative estimate of drug-likeness (QED) is 0.683. The Balaban J connectivity index is 1.59. The first-order chi connectivity index (χ1) is 15.7. The standard InChI is InChI=1S/C23H27FN4O4S/c1-14(2)12-33(29,30)28-9-7-20-18(11-28)23(13-31-22(25)27-23)17-10-15(5-6-19(17)32-20)16-4-3-8-26-21(16)24/h3-6,8,10,14,18,20H,7,9,11-13H2,1-2H3,(H2,25,27). The minimum Gasteiger partial charge on any atom is -0.490 e. The van der Waals surface area contributed by atoms with E-state index in [0.29, 0.717) is 35.4 Å². The Morgan fingerprint density at radius 2 is 2.15 bits per heavy atom. The monoisotopic (exact) mass is 474 g/mol. The summed E-state index contributed by atoms with van der Waals surface area (Å²) in [7, 11) is -3.43. The molecule has 10 heteroatoms. The van der Waals surface area contributed by atoms with Gasteiger partial charge in [-0.05, 0) is 42.2 Å². The molecule has 0 aliphatic carbocycles. The normalized spacial score (nSPS) is 27.0. The van der Waals surface area contributed by atoms with Gasteiger partial charge < -0.3 is 15.2 Å². The van der Waals surface area contributed by atoms with Crippen LogP contribution in [0.3, 0.4) is 0 Å². The second-order valence-electron chi connectivity index (χ2n) is 9.30. The van der Waals surface area contributed by atoms with Crippen molar-refractivity contribution in [2.75, 3.05) is 25.4 Å². The van der Waals surface area contributed by atoms with Crippen molar-refractivity contribution in [3.63, 3.8) is 0 Å². The van der Waals surface area contributed by atoms with Gasteiger partial charge in [-0.1, -0.05) is 19.9 Å². The summed E-state index contributed by atoms with van der Waals surface area (Å²) in [4.78, 5) is 8.45. The molecule has 0 bridgehead atoms. The number of nitrogens with zero attached hydrogens (tertiary/aromatic N) is 3. The van der Waals surface area contributed by atoms with Gasteiger partial charge in [-0.3, -0.25) is 0 Å². The van der Waals surface area contributed by atoms with Crippen molar-refractivity contribution < 1.29 is 22.3 Å². The molecule has 4 heterocycles. The highest BCUT2D eigenvalue weighted by molar-refractivity contribution is 7.89. The zero-order valence-electron chi connectivity index (χ0n) is 18.6. The SMILES string of the molecule is CC(C)CS(=O)(=O)N1CCC2Oc3ccc(-c4cccnc4F)cc3C3(COC(N)=N3)C2C1. The van der Waals surface area contributed by atoms with E-state index in [1.807, 2.05) is 19.9 Å². The number of benzene rings is 1. The van der Waals surface area contributed by atoms with E-state index in [1.165, 1.54) is 6.20 Å². The topological polar surface area (TPSA) is 107 Å². The number of rotatable bonds is 4. The zero-order valence-corrected chi connectivity index (χ0v) is 19.4. The van der Waals surface area contributed by atoms with Crippen molar-refractivity contribution in [2.45, 2.75) is 31.9 Å². The number of amidine groups is 1. The number of piperidine rings is 1. The predicted octanol–water partition coefficient (Wildman–Crippen LogP) is 2.50. The van der Waals surface area contributed by atoms with Crippen molar-refractivity contribution in [3.05, 3.63) is 48.0 Å². The molecule has 3 aliphatic rings. The molecule has 1 aromatic heterocycles. The maximum atomic E-state index is 14.4. The van der Waals surface area contributed by atoms with Crippen LogP contribution in [0.4, 0.5) is 4.39 Å². The lowest BCUT2D eigenvalue weighted by atomic mass is 9.71. The fraction of sp³-hybridized carbons (Fsp3) is 0.478. The van der Waals surface area contributed by atoms with E-state index in [0.717, 1.165) is 0 Å². The molecule has 1 aromatic carbocycles. The number of ether oxygens (including phenoxy) is 2. The Morgan fingerprint density at radius 3 is 2.85 bits per heavy atom. The van der Waals surface area contributed by atoms with Crippen LogP contribution in [-0.2, 0) is 20.3 Å². The van der Waals surface area contributed by atoms with E-state index in [2.05, 4.69) is 4.98 Å². The molecule has 3 atom stereocenters. The van der Waals surface area contributed by atoms with Crippen LogP contribution in [0.15, 0.2) is 41.5 Å². The largest absolute Gasteiger partial charge is 0.490 e.